The molecule has 0 aliphatic heterocycles. The van der Waals surface area contributed by atoms with E-state index in [0.717, 1.165) is 20.2 Å². The van der Waals surface area contributed by atoms with Gasteiger partial charge >= 0.3 is 0 Å². The molecule has 0 N–H and O–H groups in total. The highest BCUT2D eigenvalue weighted by Gasteiger charge is 2.03. The van der Waals surface area contributed by atoms with E-state index < -0.39 is 0 Å². The second kappa shape index (κ2) is 4.89. The topological polar surface area (TPSA) is 35.0 Å². The van der Waals surface area contributed by atoms with Crippen molar-refractivity contribution in [3.8, 4) is 5.75 Å². The number of hydrogen-bond donors (Lipinski definition) is 0. The van der Waals surface area contributed by atoms with Crippen LogP contribution in [0.1, 0.15) is 10.6 Å². The fraction of sp³-hybridized carbons (Fsp3) is 0.200. The molecule has 2 rings (SSSR count). The van der Waals surface area contributed by atoms with Crippen molar-refractivity contribution in [1.82, 2.24) is 10.2 Å². The van der Waals surface area contributed by atoms with E-state index in [0.29, 0.717) is 0 Å². The SMILES string of the molecule is COc1cccc(Cc2nnc(I)s2)c1. The van der Waals surface area contributed by atoms with E-state index in [1.807, 2.05) is 18.2 Å². The summed E-state index contributed by atoms with van der Waals surface area (Å²) in [6.45, 7) is 0. The van der Waals surface area contributed by atoms with Crippen LogP contribution in [0.15, 0.2) is 24.3 Å². The number of aromatic nitrogens is 2. The van der Waals surface area contributed by atoms with Crippen LogP contribution < -0.4 is 4.74 Å². The normalized spacial score (nSPS) is 10.3. The zero-order chi connectivity index (χ0) is 10.7. The van der Waals surface area contributed by atoms with Gasteiger partial charge in [-0.1, -0.05) is 23.5 Å². The standard InChI is InChI=1S/C10H9IN2OS/c1-14-8-4-2-3-7(5-8)6-9-12-13-10(11)15-9/h2-5H,6H2,1H3. The Bertz CT molecular complexity index is 458. The molecule has 0 radical (unpaired) electrons. The second-order valence-electron chi connectivity index (χ2n) is 2.98. The van der Waals surface area contributed by atoms with Crippen LogP contribution >= 0.6 is 33.9 Å². The lowest BCUT2D eigenvalue weighted by Gasteiger charge is -2.01. The van der Waals surface area contributed by atoms with Crippen molar-refractivity contribution in [2.24, 2.45) is 0 Å². The van der Waals surface area contributed by atoms with Crippen LogP contribution in [-0.2, 0) is 6.42 Å². The van der Waals surface area contributed by atoms with Crippen molar-refractivity contribution in [2.45, 2.75) is 6.42 Å². The molecule has 0 aliphatic rings. The minimum atomic E-state index is 0.817. The Morgan fingerprint density at radius 1 is 1.40 bits per heavy atom. The van der Waals surface area contributed by atoms with Crippen LogP contribution in [0.2, 0.25) is 0 Å². The van der Waals surface area contributed by atoms with Gasteiger partial charge in [-0.15, -0.1) is 10.2 Å². The van der Waals surface area contributed by atoms with Gasteiger partial charge in [-0.2, -0.15) is 0 Å². The third-order valence-corrected chi connectivity index (χ3v) is 3.52. The molecule has 1 aromatic carbocycles. The van der Waals surface area contributed by atoms with E-state index >= 15 is 0 Å². The number of hydrogen-bond acceptors (Lipinski definition) is 4. The van der Waals surface area contributed by atoms with E-state index in [2.05, 4.69) is 38.9 Å². The Labute approximate surface area is 106 Å². The van der Waals surface area contributed by atoms with Crippen LogP contribution in [0.5, 0.6) is 5.75 Å². The Balaban J connectivity index is 2.16. The molecule has 0 atom stereocenters. The summed E-state index contributed by atoms with van der Waals surface area (Å²) in [4.78, 5) is 0. The van der Waals surface area contributed by atoms with Gasteiger partial charge in [0.2, 0.25) is 0 Å². The number of methoxy groups -OCH3 is 1. The maximum absolute atomic E-state index is 5.16. The first kappa shape index (κ1) is 10.8. The van der Waals surface area contributed by atoms with E-state index in [-0.39, 0.29) is 0 Å². The third kappa shape index (κ3) is 2.88. The molecule has 1 aromatic heterocycles. The maximum atomic E-state index is 5.16. The first-order chi connectivity index (χ1) is 7.28. The molecule has 0 saturated heterocycles. The van der Waals surface area contributed by atoms with E-state index in [4.69, 9.17) is 4.74 Å². The monoisotopic (exact) mass is 332 g/mol. The van der Waals surface area contributed by atoms with Crippen LogP contribution in [0.4, 0.5) is 0 Å². The van der Waals surface area contributed by atoms with E-state index in [1.54, 1.807) is 18.4 Å². The number of rotatable bonds is 3. The number of halogens is 1. The number of ether oxygens (including phenoxy) is 1. The first-order valence-electron chi connectivity index (χ1n) is 4.39. The highest BCUT2D eigenvalue weighted by molar-refractivity contribution is 14.1. The summed E-state index contributed by atoms with van der Waals surface area (Å²) in [5.41, 5.74) is 1.20. The van der Waals surface area contributed by atoms with Crippen molar-refractivity contribution in [1.29, 1.82) is 0 Å². The summed E-state index contributed by atoms with van der Waals surface area (Å²) in [7, 11) is 1.67. The lowest BCUT2D eigenvalue weighted by molar-refractivity contribution is 0.414. The molecule has 0 aliphatic carbocycles. The highest BCUT2D eigenvalue weighted by atomic mass is 127. The zero-order valence-corrected chi connectivity index (χ0v) is 11.1. The molecule has 0 bridgehead atoms. The van der Waals surface area contributed by atoms with Crippen molar-refractivity contribution in [3.05, 3.63) is 37.9 Å². The zero-order valence-electron chi connectivity index (χ0n) is 8.11. The molecule has 15 heavy (non-hydrogen) atoms. The van der Waals surface area contributed by atoms with Crippen molar-refractivity contribution in [2.75, 3.05) is 7.11 Å². The second-order valence-corrected chi connectivity index (χ2v) is 5.79. The molecular formula is C10H9IN2OS. The third-order valence-electron chi connectivity index (χ3n) is 1.93. The minimum absolute atomic E-state index is 0.817. The van der Waals surface area contributed by atoms with Crippen LogP contribution in [-0.4, -0.2) is 17.3 Å². The molecule has 3 nitrogen and oxygen atoms in total. The summed E-state index contributed by atoms with van der Waals surface area (Å²) >= 11 is 3.80. The molecule has 0 fully saturated rings. The lowest BCUT2D eigenvalue weighted by atomic mass is 10.1. The van der Waals surface area contributed by atoms with Crippen LogP contribution in [0, 0.1) is 3.01 Å². The van der Waals surface area contributed by atoms with Gasteiger partial charge in [0.25, 0.3) is 0 Å². The smallest absolute Gasteiger partial charge is 0.178 e. The fourth-order valence-corrected chi connectivity index (χ4v) is 2.73. The summed E-state index contributed by atoms with van der Waals surface area (Å²) in [5.74, 6) is 0.881. The van der Waals surface area contributed by atoms with Gasteiger partial charge in [0.05, 0.1) is 7.11 Å². The van der Waals surface area contributed by atoms with Gasteiger partial charge < -0.3 is 4.74 Å². The predicted octanol–water partition coefficient (Wildman–Crippen LogP) is 2.74. The average molecular weight is 332 g/mol. The Morgan fingerprint density at radius 2 is 2.27 bits per heavy atom. The van der Waals surface area contributed by atoms with Crippen molar-refractivity contribution < 1.29 is 4.74 Å². The first-order valence-corrected chi connectivity index (χ1v) is 6.28. The minimum Gasteiger partial charge on any atom is -0.497 e. The van der Waals surface area contributed by atoms with E-state index in [9.17, 15) is 0 Å². The highest BCUT2D eigenvalue weighted by Crippen LogP contribution is 2.18. The van der Waals surface area contributed by atoms with Gasteiger partial charge in [-0.05, 0) is 40.3 Å². The Morgan fingerprint density at radius 3 is 2.93 bits per heavy atom. The number of benzene rings is 1. The fourth-order valence-electron chi connectivity index (χ4n) is 1.26. The van der Waals surface area contributed by atoms with Crippen LogP contribution in [0.25, 0.3) is 0 Å². The largest absolute Gasteiger partial charge is 0.497 e. The molecule has 0 spiro atoms. The number of nitrogens with zero attached hydrogens (tertiary/aromatic N) is 2. The van der Waals surface area contributed by atoms with Gasteiger partial charge in [-0.25, -0.2) is 0 Å². The molecule has 0 amide bonds. The Kier molecular flexibility index (Phi) is 3.53. The molecule has 2 aromatic rings. The molecule has 0 saturated carbocycles. The quantitative estimate of drug-likeness (QED) is 0.811. The van der Waals surface area contributed by atoms with Gasteiger partial charge in [0, 0.05) is 6.42 Å². The molecule has 1 heterocycles. The van der Waals surface area contributed by atoms with Gasteiger partial charge in [0.1, 0.15) is 10.8 Å². The summed E-state index contributed by atoms with van der Waals surface area (Å²) in [6, 6.07) is 8.01. The van der Waals surface area contributed by atoms with Gasteiger partial charge in [-0.3, -0.25) is 0 Å². The molecule has 78 valence electrons. The summed E-state index contributed by atoms with van der Waals surface area (Å²) in [5, 5.41) is 9.10. The molecular weight excluding hydrogens is 323 g/mol. The van der Waals surface area contributed by atoms with Crippen molar-refractivity contribution in [3.63, 3.8) is 0 Å². The molecule has 0 unspecified atom stereocenters. The summed E-state index contributed by atoms with van der Waals surface area (Å²) < 4.78 is 6.14. The Hall–Kier alpha value is -0.690. The maximum Gasteiger partial charge on any atom is 0.178 e. The predicted molar refractivity (Wildman–Crippen MR) is 68.4 cm³/mol. The van der Waals surface area contributed by atoms with Gasteiger partial charge in [0.15, 0.2) is 3.01 Å². The molecule has 5 heteroatoms. The van der Waals surface area contributed by atoms with Crippen LogP contribution in [0.3, 0.4) is 0 Å². The van der Waals surface area contributed by atoms with E-state index in [1.165, 1.54) is 5.56 Å². The summed E-state index contributed by atoms with van der Waals surface area (Å²) in [6.07, 6.45) is 0.817. The average Bonchev–Trinajstić information content (AvgIpc) is 2.64. The van der Waals surface area contributed by atoms with Crippen molar-refractivity contribution >= 4 is 33.9 Å². The lowest BCUT2D eigenvalue weighted by Crippen LogP contribution is -1.89.